The SMILES string of the molecule is NC(=O)c1ccc2c(c1)NCC21C=COC1. The standard InChI is InChI=1S/C12H12N2O2/c13-11(15)8-1-2-9-10(5-8)14-6-12(9)3-4-16-7-12/h1-5,14H,6-7H2,(H2,13,15). The van der Waals surface area contributed by atoms with Crippen LogP contribution in [0.15, 0.2) is 30.5 Å². The van der Waals surface area contributed by atoms with Crippen LogP contribution in [0.2, 0.25) is 0 Å². The summed E-state index contributed by atoms with van der Waals surface area (Å²) in [5, 5.41) is 3.29. The van der Waals surface area contributed by atoms with Crippen LogP contribution in [0, 0.1) is 0 Å². The molecule has 0 aromatic heterocycles. The molecule has 1 aromatic carbocycles. The molecule has 1 atom stereocenters. The van der Waals surface area contributed by atoms with Crippen molar-refractivity contribution < 1.29 is 9.53 Å². The third-order valence-corrected chi connectivity index (χ3v) is 3.26. The lowest BCUT2D eigenvalue weighted by molar-refractivity contribution is 0.100. The second-order valence-corrected chi connectivity index (χ2v) is 4.25. The molecule has 0 aliphatic carbocycles. The predicted molar refractivity (Wildman–Crippen MR) is 60.2 cm³/mol. The Kier molecular flexibility index (Phi) is 1.74. The topological polar surface area (TPSA) is 64.4 Å². The summed E-state index contributed by atoms with van der Waals surface area (Å²) >= 11 is 0. The molecular formula is C12H12N2O2. The van der Waals surface area contributed by atoms with E-state index in [-0.39, 0.29) is 5.41 Å². The predicted octanol–water partition coefficient (Wildman–Crippen LogP) is 0.993. The molecule has 2 aliphatic heterocycles. The number of primary amides is 1. The summed E-state index contributed by atoms with van der Waals surface area (Å²) in [6.45, 7) is 1.46. The van der Waals surface area contributed by atoms with Gasteiger partial charge in [-0.3, -0.25) is 4.79 Å². The molecule has 1 unspecified atom stereocenters. The number of hydrogen-bond donors (Lipinski definition) is 2. The number of ether oxygens (including phenoxy) is 1. The summed E-state index contributed by atoms with van der Waals surface area (Å²) in [6, 6.07) is 5.52. The molecule has 4 heteroatoms. The Bertz CT molecular complexity index is 496. The van der Waals surface area contributed by atoms with Crippen LogP contribution in [0.3, 0.4) is 0 Å². The molecule has 1 spiro atoms. The molecule has 1 aromatic rings. The molecule has 16 heavy (non-hydrogen) atoms. The van der Waals surface area contributed by atoms with Gasteiger partial charge in [-0.2, -0.15) is 0 Å². The van der Waals surface area contributed by atoms with Crippen molar-refractivity contribution in [2.24, 2.45) is 5.73 Å². The number of carbonyl (C=O) groups excluding carboxylic acids is 1. The minimum absolute atomic E-state index is 0.0640. The van der Waals surface area contributed by atoms with E-state index in [1.54, 1.807) is 18.4 Å². The van der Waals surface area contributed by atoms with Crippen LogP contribution < -0.4 is 11.1 Å². The summed E-state index contributed by atoms with van der Waals surface area (Å²) in [6.07, 6.45) is 3.80. The molecule has 82 valence electrons. The fourth-order valence-electron chi connectivity index (χ4n) is 2.33. The maximum atomic E-state index is 11.1. The van der Waals surface area contributed by atoms with E-state index >= 15 is 0 Å². The molecule has 0 radical (unpaired) electrons. The highest BCUT2D eigenvalue weighted by Gasteiger charge is 2.39. The minimum atomic E-state index is -0.399. The average molecular weight is 216 g/mol. The fraction of sp³-hybridized carbons (Fsp3) is 0.250. The average Bonchev–Trinajstić information content (AvgIpc) is 2.88. The van der Waals surface area contributed by atoms with Gasteiger partial charge >= 0.3 is 0 Å². The van der Waals surface area contributed by atoms with Gasteiger partial charge in [0.15, 0.2) is 0 Å². The lowest BCUT2D eigenvalue weighted by Crippen LogP contribution is -2.27. The van der Waals surface area contributed by atoms with Crippen molar-refractivity contribution in [3.8, 4) is 0 Å². The third-order valence-electron chi connectivity index (χ3n) is 3.26. The molecule has 1 amide bonds. The maximum Gasteiger partial charge on any atom is 0.248 e. The number of carbonyl (C=O) groups is 1. The van der Waals surface area contributed by atoms with Gasteiger partial charge in [-0.25, -0.2) is 0 Å². The summed E-state index contributed by atoms with van der Waals surface area (Å²) in [4.78, 5) is 11.1. The zero-order valence-electron chi connectivity index (χ0n) is 8.69. The smallest absolute Gasteiger partial charge is 0.248 e. The molecule has 2 aliphatic rings. The Balaban J connectivity index is 2.08. The number of fused-ring (bicyclic) bond motifs is 2. The summed E-state index contributed by atoms with van der Waals surface area (Å²) in [5.41, 5.74) is 7.87. The third kappa shape index (κ3) is 1.13. The highest BCUT2D eigenvalue weighted by atomic mass is 16.5. The lowest BCUT2D eigenvalue weighted by atomic mass is 9.84. The van der Waals surface area contributed by atoms with E-state index in [0.29, 0.717) is 12.2 Å². The van der Waals surface area contributed by atoms with Crippen molar-refractivity contribution in [3.05, 3.63) is 41.7 Å². The van der Waals surface area contributed by atoms with E-state index in [1.165, 1.54) is 5.56 Å². The Labute approximate surface area is 93.1 Å². The highest BCUT2D eigenvalue weighted by molar-refractivity contribution is 5.94. The van der Waals surface area contributed by atoms with Crippen LogP contribution in [-0.4, -0.2) is 19.1 Å². The normalized spacial score (nSPS) is 25.2. The van der Waals surface area contributed by atoms with E-state index in [4.69, 9.17) is 10.5 Å². The number of benzene rings is 1. The first-order valence-corrected chi connectivity index (χ1v) is 5.19. The van der Waals surface area contributed by atoms with E-state index in [0.717, 1.165) is 12.2 Å². The molecule has 3 N–H and O–H groups in total. The van der Waals surface area contributed by atoms with Crippen molar-refractivity contribution in [1.29, 1.82) is 0 Å². The van der Waals surface area contributed by atoms with Gasteiger partial charge in [0.2, 0.25) is 5.91 Å². The highest BCUT2D eigenvalue weighted by Crippen LogP contribution is 2.40. The van der Waals surface area contributed by atoms with Crippen LogP contribution in [0.1, 0.15) is 15.9 Å². The molecule has 0 bridgehead atoms. The summed E-state index contributed by atoms with van der Waals surface area (Å²) in [7, 11) is 0. The Morgan fingerprint density at radius 2 is 2.38 bits per heavy atom. The zero-order chi connectivity index (χ0) is 11.2. The Morgan fingerprint density at radius 3 is 3.06 bits per heavy atom. The fourth-order valence-corrected chi connectivity index (χ4v) is 2.33. The molecule has 2 heterocycles. The van der Waals surface area contributed by atoms with E-state index in [2.05, 4.69) is 11.4 Å². The second kappa shape index (κ2) is 3.01. The van der Waals surface area contributed by atoms with Crippen molar-refractivity contribution in [2.75, 3.05) is 18.5 Å². The van der Waals surface area contributed by atoms with Gasteiger partial charge in [-0.05, 0) is 23.8 Å². The Hall–Kier alpha value is -1.97. The minimum Gasteiger partial charge on any atom is -0.500 e. The van der Waals surface area contributed by atoms with Gasteiger partial charge in [0.05, 0.1) is 11.7 Å². The molecule has 0 saturated carbocycles. The first-order valence-electron chi connectivity index (χ1n) is 5.19. The van der Waals surface area contributed by atoms with Crippen molar-refractivity contribution in [2.45, 2.75) is 5.41 Å². The quantitative estimate of drug-likeness (QED) is 0.735. The summed E-state index contributed by atoms with van der Waals surface area (Å²) < 4.78 is 5.30. The summed E-state index contributed by atoms with van der Waals surface area (Å²) in [5.74, 6) is -0.399. The van der Waals surface area contributed by atoms with Crippen molar-refractivity contribution >= 4 is 11.6 Å². The van der Waals surface area contributed by atoms with Crippen molar-refractivity contribution in [1.82, 2.24) is 0 Å². The van der Waals surface area contributed by atoms with Gasteiger partial charge in [-0.15, -0.1) is 0 Å². The van der Waals surface area contributed by atoms with Gasteiger partial charge in [0.25, 0.3) is 0 Å². The van der Waals surface area contributed by atoms with Gasteiger partial charge in [0.1, 0.15) is 6.61 Å². The molecule has 0 fully saturated rings. The van der Waals surface area contributed by atoms with Gasteiger partial charge < -0.3 is 15.8 Å². The molecular weight excluding hydrogens is 204 g/mol. The number of rotatable bonds is 1. The van der Waals surface area contributed by atoms with E-state index in [9.17, 15) is 4.79 Å². The monoisotopic (exact) mass is 216 g/mol. The lowest BCUT2D eigenvalue weighted by Gasteiger charge is -2.18. The van der Waals surface area contributed by atoms with Gasteiger partial charge in [-0.1, -0.05) is 6.07 Å². The van der Waals surface area contributed by atoms with Crippen LogP contribution >= 0.6 is 0 Å². The number of hydrogen-bond acceptors (Lipinski definition) is 3. The largest absolute Gasteiger partial charge is 0.500 e. The van der Waals surface area contributed by atoms with Crippen LogP contribution in [0.4, 0.5) is 5.69 Å². The van der Waals surface area contributed by atoms with E-state index in [1.807, 2.05) is 6.07 Å². The molecule has 4 nitrogen and oxygen atoms in total. The molecule has 3 rings (SSSR count). The van der Waals surface area contributed by atoms with Gasteiger partial charge in [0, 0.05) is 17.8 Å². The maximum absolute atomic E-state index is 11.1. The second-order valence-electron chi connectivity index (χ2n) is 4.25. The first-order chi connectivity index (χ1) is 7.71. The van der Waals surface area contributed by atoms with Crippen molar-refractivity contribution in [3.63, 3.8) is 0 Å². The molecule has 0 saturated heterocycles. The number of amides is 1. The van der Waals surface area contributed by atoms with E-state index < -0.39 is 5.91 Å². The zero-order valence-corrected chi connectivity index (χ0v) is 8.69. The van der Waals surface area contributed by atoms with Crippen LogP contribution in [0.5, 0.6) is 0 Å². The Morgan fingerprint density at radius 1 is 1.50 bits per heavy atom. The number of anilines is 1. The van der Waals surface area contributed by atoms with Crippen LogP contribution in [-0.2, 0) is 10.2 Å². The van der Waals surface area contributed by atoms with Crippen LogP contribution in [0.25, 0.3) is 0 Å². The number of nitrogens with one attached hydrogen (secondary N) is 1. The number of nitrogens with two attached hydrogens (primary N) is 1. The first kappa shape index (κ1) is 9.27.